The Balaban J connectivity index is 2.57. The fourth-order valence-electron chi connectivity index (χ4n) is 1.21. The molecule has 72 valence electrons. The van der Waals surface area contributed by atoms with Gasteiger partial charge in [0.1, 0.15) is 12.1 Å². The summed E-state index contributed by atoms with van der Waals surface area (Å²) in [6, 6.07) is 0. The van der Waals surface area contributed by atoms with Gasteiger partial charge in [0.05, 0.1) is 6.20 Å². The second-order valence-corrected chi connectivity index (χ2v) is 3.17. The minimum atomic E-state index is 0.489. The summed E-state index contributed by atoms with van der Waals surface area (Å²) in [5.41, 5.74) is 7.60. The Morgan fingerprint density at radius 1 is 1.29 bits per heavy atom. The number of nitrogens with two attached hydrogens (primary N) is 1. The minimum absolute atomic E-state index is 0.489. The molecule has 5 nitrogen and oxygen atoms in total. The molecule has 0 atom stereocenters. The van der Waals surface area contributed by atoms with Crippen LogP contribution in [0.1, 0.15) is 11.1 Å². The van der Waals surface area contributed by atoms with Crippen molar-refractivity contribution in [1.29, 1.82) is 0 Å². The average Bonchev–Trinajstić information content (AvgIpc) is 2.57. The minimum Gasteiger partial charge on any atom is -0.383 e. The fraction of sp³-hybridized carbons (Fsp3) is 0.222. The molecule has 2 heterocycles. The summed E-state index contributed by atoms with van der Waals surface area (Å²) in [5, 5.41) is 4.16. The number of aryl methyl sites for hydroxylation is 1. The largest absolute Gasteiger partial charge is 0.383 e. The lowest BCUT2D eigenvalue weighted by Crippen LogP contribution is -2.05. The highest BCUT2D eigenvalue weighted by molar-refractivity contribution is 5.46. The number of aromatic nitrogens is 4. The smallest absolute Gasteiger partial charge is 0.161 e. The first-order valence-electron chi connectivity index (χ1n) is 4.27. The zero-order chi connectivity index (χ0) is 10.1. The van der Waals surface area contributed by atoms with E-state index >= 15 is 0 Å². The topological polar surface area (TPSA) is 69.6 Å². The first kappa shape index (κ1) is 8.68. The molecule has 0 aliphatic rings. The molecule has 0 amide bonds. The molecule has 0 aliphatic carbocycles. The van der Waals surface area contributed by atoms with Crippen LogP contribution >= 0.6 is 0 Å². The molecule has 0 bridgehead atoms. The van der Waals surface area contributed by atoms with Crippen molar-refractivity contribution >= 4 is 5.82 Å². The summed E-state index contributed by atoms with van der Waals surface area (Å²) in [4.78, 5) is 8.03. The lowest BCUT2D eigenvalue weighted by Gasteiger charge is -2.05. The Labute approximate surface area is 81.6 Å². The molecule has 2 rings (SSSR count). The maximum atomic E-state index is 5.67. The number of rotatable bonds is 1. The van der Waals surface area contributed by atoms with Crippen molar-refractivity contribution in [3.63, 3.8) is 0 Å². The van der Waals surface area contributed by atoms with Gasteiger partial charge in [-0.1, -0.05) is 0 Å². The first-order valence-corrected chi connectivity index (χ1v) is 4.27. The quantitative estimate of drug-likeness (QED) is 0.722. The van der Waals surface area contributed by atoms with Gasteiger partial charge in [-0.25, -0.2) is 14.6 Å². The Morgan fingerprint density at radius 2 is 2.07 bits per heavy atom. The molecule has 2 aromatic heterocycles. The molecular weight excluding hydrogens is 178 g/mol. The molecule has 0 fully saturated rings. The zero-order valence-electron chi connectivity index (χ0n) is 8.10. The molecular formula is C9H11N5. The van der Waals surface area contributed by atoms with Crippen LogP contribution in [0.5, 0.6) is 0 Å². The Morgan fingerprint density at radius 3 is 2.71 bits per heavy atom. The van der Waals surface area contributed by atoms with Crippen LogP contribution in [0.25, 0.3) is 5.82 Å². The van der Waals surface area contributed by atoms with Crippen LogP contribution in [-0.2, 0) is 0 Å². The fourth-order valence-corrected chi connectivity index (χ4v) is 1.21. The van der Waals surface area contributed by atoms with E-state index in [-0.39, 0.29) is 0 Å². The second kappa shape index (κ2) is 3.10. The number of hydrogen-bond donors (Lipinski definition) is 1. The average molecular weight is 189 g/mol. The molecule has 0 aliphatic heterocycles. The van der Waals surface area contributed by atoms with Gasteiger partial charge in [-0.2, -0.15) is 5.10 Å². The first-order chi connectivity index (χ1) is 6.68. The van der Waals surface area contributed by atoms with Crippen LogP contribution in [0.4, 0.5) is 5.82 Å². The van der Waals surface area contributed by atoms with Gasteiger partial charge in [0.15, 0.2) is 5.82 Å². The van der Waals surface area contributed by atoms with E-state index in [0.29, 0.717) is 5.82 Å². The van der Waals surface area contributed by atoms with Gasteiger partial charge in [0.2, 0.25) is 0 Å². The molecule has 0 unspecified atom stereocenters. The summed E-state index contributed by atoms with van der Waals surface area (Å²) in [7, 11) is 0. The van der Waals surface area contributed by atoms with Gasteiger partial charge in [0, 0.05) is 11.8 Å². The van der Waals surface area contributed by atoms with E-state index in [1.165, 1.54) is 6.33 Å². The molecule has 0 radical (unpaired) electrons. The highest BCUT2D eigenvalue weighted by Crippen LogP contribution is 2.13. The third-order valence-corrected chi connectivity index (χ3v) is 2.03. The van der Waals surface area contributed by atoms with Crippen molar-refractivity contribution < 1.29 is 0 Å². The van der Waals surface area contributed by atoms with E-state index in [0.717, 1.165) is 16.9 Å². The van der Waals surface area contributed by atoms with Crippen LogP contribution in [0, 0.1) is 13.8 Å². The second-order valence-electron chi connectivity index (χ2n) is 3.17. The summed E-state index contributed by atoms with van der Waals surface area (Å²) in [6.45, 7) is 3.85. The van der Waals surface area contributed by atoms with Crippen LogP contribution in [0.3, 0.4) is 0 Å². The molecule has 0 aromatic carbocycles. The van der Waals surface area contributed by atoms with Crippen molar-refractivity contribution in [3.8, 4) is 5.82 Å². The van der Waals surface area contributed by atoms with Crippen molar-refractivity contribution in [2.45, 2.75) is 13.8 Å². The van der Waals surface area contributed by atoms with Gasteiger partial charge in [-0.05, 0) is 19.4 Å². The summed E-state index contributed by atoms with van der Waals surface area (Å²) in [5.74, 6) is 1.22. The van der Waals surface area contributed by atoms with Gasteiger partial charge < -0.3 is 5.73 Å². The molecule has 0 saturated carbocycles. The Kier molecular flexibility index (Phi) is 1.92. The summed E-state index contributed by atoms with van der Waals surface area (Å²) >= 11 is 0. The number of nitrogen functional groups attached to an aromatic ring is 1. The molecule has 2 N–H and O–H groups in total. The maximum Gasteiger partial charge on any atom is 0.161 e. The summed E-state index contributed by atoms with van der Waals surface area (Å²) in [6.07, 6.45) is 5.11. The SMILES string of the molecule is Cc1cnn(-c2ncnc(N)c2C)c1. The van der Waals surface area contributed by atoms with Gasteiger partial charge in [-0.15, -0.1) is 0 Å². The number of anilines is 1. The van der Waals surface area contributed by atoms with E-state index in [4.69, 9.17) is 5.73 Å². The van der Waals surface area contributed by atoms with E-state index in [1.54, 1.807) is 10.9 Å². The third-order valence-electron chi connectivity index (χ3n) is 2.03. The van der Waals surface area contributed by atoms with Crippen molar-refractivity contribution in [2.24, 2.45) is 0 Å². The van der Waals surface area contributed by atoms with Crippen LogP contribution < -0.4 is 5.73 Å². The Bertz CT molecular complexity index is 460. The molecule has 0 saturated heterocycles. The monoisotopic (exact) mass is 189 g/mol. The van der Waals surface area contributed by atoms with E-state index in [2.05, 4.69) is 15.1 Å². The van der Waals surface area contributed by atoms with Crippen molar-refractivity contribution in [3.05, 3.63) is 29.8 Å². The van der Waals surface area contributed by atoms with Crippen LogP contribution in [0.2, 0.25) is 0 Å². The third kappa shape index (κ3) is 1.32. The number of hydrogen-bond acceptors (Lipinski definition) is 4. The van der Waals surface area contributed by atoms with Gasteiger partial charge >= 0.3 is 0 Å². The van der Waals surface area contributed by atoms with E-state index in [9.17, 15) is 0 Å². The lowest BCUT2D eigenvalue weighted by molar-refractivity contribution is 0.830. The van der Waals surface area contributed by atoms with Crippen LogP contribution in [0.15, 0.2) is 18.7 Å². The van der Waals surface area contributed by atoms with Gasteiger partial charge in [-0.3, -0.25) is 0 Å². The predicted molar refractivity (Wildman–Crippen MR) is 53.0 cm³/mol. The standard InChI is InChI=1S/C9H11N5/c1-6-3-13-14(4-6)9-7(2)8(10)11-5-12-9/h3-5H,1-2H3,(H2,10,11,12). The predicted octanol–water partition coefficient (Wildman–Crippen LogP) is 0.861. The van der Waals surface area contributed by atoms with E-state index < -0.39 is 0 Å². The zero-order valence-corrected chi connectivity index (χ0v) is 8.10. The lowest BCUT2D eigenvalue weighted by atomic mass is 10.3. The normalized spacial score (nSPS) is 10.4. The van der Waals surface area contributed by atoms with E-state index in [1.807, 2.05) is 20.0 Å². The highest BCUT2D eigenvalue weighted by Gasteiger charge is 2.06. The maximum absolute atomic E-state index is 5.67. The number of nitrogens with zero attached hydrogens (tertiary/aromatic N) is 4. The molecule has 0 spiro atoms. The Hall–Kier alpha value is -1.91. The van der Waals surface area contributed by atoms with Crippen LogP contribution in [-0.4, -0.2) is 19.7 Å². The summed E-state index contributed by atoms with van der Waals surface area (Å²) < 4.78 is 1.70. The van der Waals surface area contributed by atoms with Gasteiger partial charge in [0.25, 0.3) is 0 Å². The van der Waals surface area contributed by atoms with Crippen molar-refractivity contribution in [2.75, 3.05) is 5.73 Å². The molecule has 2 aromatic rings. The molecule has 5 heteroatoms. The highest BCUT2D eigenvalue weighted by atomic mass is 15.3. The van der Waals surface area contributed by atoms with Crippen molar-refractivity contribution in [1.82, 2.24) is 19.7 Å². The molecule has 14 heavy (non-hydrogen) atoms.